The van der Waals surface area contributed by atoms with E-state index in [0.29, 0.717) is 61.8 Å². The van der Waals surface area contributed by atoms with Crippen LogP contribution in [0.15, 0.2) is 58.5 Å². The largest absolute Gasteiger partial charge is 0.385 e. The Morgan fingerprint density at radius 3 is 2.70 bits per heavy atom. The van der Waals surface area contributed by atoms with E-state index in [1.54, 1.807) is 11.7 Å². The third-order valence-corrected chi connectivity index (χ3v) is 7.84. The van der Waals surface area contributed by atoms with Crippen molar-refractivity contribution >= 4 is 34.3 Å². The van der Waals surface area contributed by atoms with Crippen LogP contribution in [0.3, 0.4) is 0 Å². The monoisotopic (exact) mass is 524 g/mol. The van der Waals surface area contributed by atoms with Gasteiger partial charge in [-0.05, 0) is 43.0 Å². The molecule has 0 bridgehead atoms. The number of ether oxygens (including phenoxy) is 2. The van der Waals surface area contributed by atoms with Crippen LogP contribution < -0.4 is 15.8 Å². The van der Waals surface area contributed by atoms with E-state index < -0.39 is 0 Å². The summed E-state index contributed by atoms with van der Waals surface area (Å²) < 4.78 is 12.3. The van der Waals surface area contributed by atoms with Gasteiger partial charge in [0.25, 0.3) is 5.56 Å². The summed E-state index contributed by atoms with van der Waals surface area (Å²) in [4.78, 5) is 33.9. The molecule has 1 aliphatic heterocycles. The molecule has 0 saturated carbocycles. The quantitative estimate of drug-likeness (QED) is 0.221. The van der Waals surface area contributed by atoms with Gasteiger partial charge in [0.1, 0.15) is 0 Å². The number of hydrogen-bond acceptors (Lipinski definition) is 7. The van der Waals surface area contributed by atoms with Gasteiger partial charge in [0.05, 0.1) is 29.4 Å². The number of fused-ring (bicyclic) bond motifs is 1. The first-order chi connectivity index (χ1) is 18.1. The smallest absolute Gasteiger partial charge is 0.262 e. The molecular weight excluding hydrogens is 488 g/mol. The van der Waals surface area contributed by atoms with E-state index in [0.717, 1.165) is 30.8 Å². The molecule has 198 valence electrons. The number of benzene rings is 2. The highest BCUT2D eigenvalue weighted by atomic mass is 32.2. The van der Waals surface area contributed by atoms with E-state index in [4.69, 9.17) is 14.5 Å². The second-order valence-corrected chi connectivity index (χ2v) is 10.2. The maximum atomic E-state index is 13.8. The molecule has 1 fully saturated rings. The fraction of sp³-hybridized carbons (Fsp3) is 0.464. The molecule has 37 heavy (non-hydrogen) atoms. The molecule has 0 unspecified atom stereocenters. The van der Waals surface area contributed by atoms with Crippen LogP contribution in [0, 0.1) is 0 Å². The first-order valence-electron chi connectivity index (χ1n) is 12.9. The zero-order valence-electron chi connectivity index (χ0n) is 21.7. The lowest BCUT2D eigenvalue weighted by Crippen LogP contribution is -2.36. The fourth-order valence-electron chi connectivity index (χ4n) is 4.37. The lowest BCUT2D eigenvalue weighted by atomic mass is 10.1. The Morgan fingerprint density at radius 2 is 1.97 bits per heavy atom. The lowest BCUT2D eigenvalue weighted by Gasteiger charge is -2.29. The Bertz CT molecular complexity index is 1230. The van der Waals surface area contributed by atoms with Crippen LogP contribution in [0.25, 0.3) is 10.9 Å². The predicted octanol–water partition coefficient (Wildman–Crippen LogP) is 3.50. The zero-order chi connectivity index (χ0) is 26.0. The Hall–Kier alpha value is -2.88. The summed E-state index contributed by atoms with van der Waals surface area (Å²) in [6, 6.07) is 16.0. The number of morpholine rings is 1. The number of carbonyl (C=O) groups excluding carboxylic acids is 1. The molecule has 4 rings (SSSR count). The first kappa shape index (κ1) is 27.2. The molecule has 2 aromatic carbocycles. The zero-order valence-corrected chi connectivity index (χ0v) is 22.5. The number of nitrogens with zero attached hydrogens (tertiary/aromatic N) is 3. The van der Waals surface area contributed by atoms with Crippen molar-refractivity contribution in [3.05, 3.63) is 64.4 Å². The van der Waals surface area contributed by atoms with Crippen LogP contribution in [-0.2, 0) is 27.2 Å². The normalized spacial score (nSPS) is 14.6. The van der Waals surface area contributed by atoms with Crippen molar-refractivity contribution in [1.82, 2.24) is 14.9 Å². The number of amides is 1. The van der Waals surface area contributed by atoms with Gasteiger partial charge >= 0.3 is 0 Å². The summed E-state index contributed by atoms with van der Waals surface area (Å²) in [6.45, 7) is 6.58. The van der Waals surface area contributed by atoms with Crippen LogP contribution in [0.1, 0.15) is 25.3 Å². The van der Waals surface area contributed by atoms with Gasteiger partial charge in [-0.15, -0.1) is 0 Å². The van der Waals surface area contributed by atoms with E-state index in [1.165, 1.54) is 11.8 Å². The highest BCUT2D eigenvalue weighted by Gasteiger charge is 2.22. The Morgan fingerprint density at radius 1 is 1.19 bits per heavy atom. The summed E-state index contributed by atoms with van der Waals surface area (Å²) in [7, 11) is 1.65. The van der Waals surface area contributed by atoms with Crippen molar-refractivity contribution in [2.75, 3.05) is 51.5 Å². The van der Waals surface area contributed by atoms with Gasteiger partial charge in [0, 0.05) is 45.6 Å². The van der Waals surface area contributed by atoms with Crippen molar-refractivity contribution in [3.63, 3.8) is 0 Å². The van der Waals surface area contributed by atoms with Crippen LogP contribution in [0.2, 0.25) is 0 Å². The van der Waals surface area contributed by atoms with Gasteiger partial charge in [-0.25, -0.2) is 4.98 Å². The average Bonchev–Trinajstić information content (AvgIpc) is 2.94. The second kappa shape index (κ2) is 13.6. The minimum absolute atomic E-state index is 0.0461. The summed E-state index contributed by atoms with van der Waals surface area (Å²) in [6.07, 6.45) is 2.08. The Balaban J connectivity index is 1.65. The molecule has 1 N–H and O–H groups in total. The molecule has 1 aromatic heterocycles. The Kier molecular flexibility index (Phi) is 9.99. The van der Waals surface area contributed by atoms with Crippen molar-refractivity contribution in [1.29, 1.82) is 0 Å². The topological polar surface area (TPSA) is 85.7 Å². The fourth-order valence-corrected chi connectivity index (χ4v) is 5.43. The molecule has 9 heteroatoms. The number of thioether (sulfide) groups is 1. The summed E-state index contributed by atoms with van der Waals surface area (Å²) in [5.74, 6) is -0.0461. The number of aromatic nitrogens is 2. The highest BCUT2D eigenvalue weighted by molar-refractivity contribution is 8.00. The van der Waals surface area contributed by atoms with Gasteiger partial charge < -0.3 is 19.7 Å². The molecule has 0 aliphatic carbocycles. The number of methoxy groups -OCH3 is 1. The molecular formula is C28H36N4O4S. The molecule has 1 aliphatic rings. The third kappa shape index (κ3) is 7.12. The number of hydrogen-bond donors (Lipinski definition) is 1. The predicted molar refractivity (Wildman–Crippen MR) is 149 cm³/mol. The summed E-state index contributed by atoms with van der Waals surface area (Å²) >= 11 is 1.37. The van der Waals surface area contributed by atoms with Crippen molar-refractivity contribution in [3.8, 4) is 0 Å². The average molecular weight is 525 g/mol. The number of carbonyl (C=O) groups is 1. The molecule has 2 heterocycles. The van der Waals surface area contributed by atoms with Gasteiger partial charge in [0.2, 0.25) is 5.91 Å². The van der Waals surface area contributed by atoms with E-state index >= 15 is 0 Å². The van der Waals surface area contributed by atoms with Gasteiger partial charge in [-0.3, -0.25) is 14.2 Å². The van der Waals surface area contributed by atoms with E-state index in [2.05, 4.69) is 22.3 Å². The van der Waals surface area contributed by atoms with Crippen molar-refractivity contribution < 1.29 is 14.3 Å². The summed E-state index contributed by atoms with van der Waals surface area (Å²) in [5.41, 5.74) is 2.73. The first-order valence-corrected chi connectivity index (χ1v) is 13.8. The maximum Gasteiger partial charge on any atom is 0.262 e. The van der Waals surface area contributed by atoms with Crippen LogP contribution in [0.5, 0.6) is 0 Å². The Labute approximate surface area is 222 Å². The standard InChI is InChI=1S/C28H36N4O4S/c1-3-25(26(33)29-13-7-17-35-2)37-28-30-24-11-10-22(31-15-18-36-19-16-31)20-23(24)27(34)32(28)14-12-21-8-5-4-6-9-21/h4-6,8-11,20,25H,3,7,12-19H2,1-2H3,(H,29,33)/t25-/m1/s1. The van der Waals surface area contributed by atoms with Crippen LogP contribution in [0.4, 0.5) is 5.69 Å². The molecule has 8 nitrogen and oxygen atoms in total. The van der Waals surface area contributed by atoms with Crippen molar-refractivity contribution in [2.24, 2.45) is 0 Å². The second-order valence-electron chi connectivity index (χ2n) is 9.04. The molecule has 1 saturated heterocycles. The van der Waals surface area contributed by atoms with Gasteiger partial charge in [-0.1, -0.05) is 49.0 Å². The van der Waals surface area contributed by atoms with Crippen LogP contribution in [-0.4, -0.2) is 67.3 Å². The summed E-state index contributed by atoms with van der Waals surface area (Å²) in [5, 5.41) is 3.82. The van der Waals surface area contributed by atoms with E-state index in [9.17, 15) is 9.59 Å². The minimum atomic E-state index is -0.345. The van der Waals surface area contributed by atoms with Gasteiger partial charge in [-0.2, -0.15) is 0 Å². The third-order valence-electron chi connectivity index (χ3n) is 6.48. The molecule has 0 spiro atoms. The van der Waals surface area contributed by atoms with Crippen molar-refractivity contribution in [2.45, 2.75) is 43.1 Å². The van der Waals surface area contributed by atoms with E-state index in [-0.39, 0.29) is 16.7 Å². The maximum absolute atomic E-state index is 13.8. The van der Waals surface area contributed by atoms with E-state index in [1.807, 2.05) is 43.3 Å². The number of aryl methyl sites for hydroxylation is 1. The molecule has 1 atom stereocenters. The van der Waals surface area contributed by atoms with Gasteiger partial charge in [0.15, 0.2) is 5.16 Å². The molecule has 0 radical (unpaired) electrons. The molecule has 3 aromatic rings. The van der Waals surface area contributed by atoms with Crippen LogP contribution >= 0.6 is 11.8 Å². The lowest BCUT2D eigenvalue weighted by molar-refractivity contribution is -0.120. The number of nitrogens with one attached hydrogen (secondary N) is 1. The number of anilines is 1. The number of rotatable bonds is 12. The minimum Gasteiger partial charge on any atom is -0.385 e. The molecule has 1 amide bonds. The SMILES string of the molecule is CC[C@@H](Sc1nc2ccc(N3CCOCC3)cc2c(=O)n1CCc1ccccc1)C(=O)NCCCOC. The highest BCUT2D eigenvalue weighted by Crippen LogP contribution is 2.27.